The maximum atomic E-state index is 12.7. The van der Waals surface area contributed by atoms with E-state index in [2.05, 4.69) is 10.3 Å². The Morgan fingerprint density at radius 2 is 1.93 bits per heavy atom. The molecule has 0 aliphatic carbocycles. The predicted octanol–water partition coefficient (Wildman–Crippen LogP) is 3.65. The van der Waals surface area contributed by atoms with Crippen LogP contribution in [0.15, 0.2) is 59.7 Å². The van der Waals surface area contributed by atoms with Crippen molar-refractivity contribution in [3.63, 3.8) is 0 Å². The first kappa shape index (κ1) is 17.4. The Bertz CT molecular complexity index is 1220. The number of rotatable bonds is 4. The number of aromatic amines is 1. The van der Waals surface area contributed by atoms with Gasteiger partial charge in [-0.25, -0.2) is 0 Å². The molecule has 0 saturated carbocycles. The van der Waals surface area contributed by atoms with Crippen LogP contribution >= 0.6 is 11.6 Å². The average molecular weight is 380 g/mol. The summed E-state index contributed by atoms with van der Waals surface area (Å²) in [6.45, 7) is 0.482. The van der Waals surface area contributed by atoms with E-state index in [4.69, 9.17) is 11.6 Å². The van der Waals surface area contributed by atoms with E-state index in [1.165, 1.54) is 4.57 Å². The molecule has 0 unspecified atom stereocenters. The predicted molar refractivity (Wildman–Crippen MR) is 109 cm³/mol. The Balaban J connectivity index is 1.55. The number of nitrogens with one attached hydrogen (secondary N) is 2. The first-order valence-corrected chi connectivity index (χ1v) is 9.04. The molecule has 0 aliphatic rings. The van der Waals surface area contributed by atoms with Crippen molar-refractivity contribution in [1.29, 1.82) is 0 Å². The van der Waals surface area contributed by atoms with Gasteiger partial charge in [0.2, 0.25) is 0 Å². The molecule has 5 nitrogen and oxygen atoms in total. The summed E-state index contributed by atoms with van der Waals surface area (Å²) in [5.74, 6) is -0.195. The lowest BCUT2D eigenvalue weighted by Gasteiger charge is -2.10. The van der Waals surface area contributed by atoms with Crippen molar-refractivity contribution in [3.05, 3.63) is 81.4 Å². The number of halogens is 1. The zero-order chi connectivity index (χ0) is 19.0. The van der Waals surface area contributed by atoms with Crippen LogP contribution in [0.5, 0.6) is 0 Å². The van der Waals surface area contributed by atoms with Crippen LogP contribution in [-0.2, 0) is 13.5 Å². The minimum absolute atomic E-state index is 0.113. The molecule has 0 spiro atoms. The second-order valence-corrected chi connectivity index (χ2v) is 6.95. The molecule has 2 heterocycles. The fourth-order valence-corrected chi connectivity index (χ4v) is 3.53. The highest BCUT2D eigenvalue weighted by molar-refractivity contribution is 6.31. The molecule has 0 aliphatic heterocycles. The van der Waals surface area contributed by atoms with Crippen LogP contribution in [0.3, 0.4) is 0 Å². The van der Waals surface area contributed by atoms with E-state index in [9.17, 15) is 9.59 Å². The molecular weight excluding hydrogens is 362 g/mol. The van der Waals surface area contributed by atoms with E-state index in [1.54, 1.807) is 31.4 Å². The molecule has 2 aromatic carbocycles. The lowest BCUT2D eigenvalue weighted by Crippen LogP contribution is -2.28. The lowest BCUT2D eigenvalue weighted by atomic mass is 10.1. The number of hydrogen-bond donors (Lipinski definition) is 2. The summed E-state index contributed by atoms with van der Waals surface area (Å²) in [7, 11) is 1.65. The van der Waals surface area contributed by atoms with Crippen LogP contribution in [0.25, 0.3) is 21.7 Å². The third-order valence-corrected chi connectivity index (χ3v) is 4.98. The van der Waals surface area contributed by atoms with Crippen molar-refractivity contribution in [3.8, 4) is 0 Å². The summed E-state index contributed by atoms with van der Waals surface area (Å²) in [6.07, 6.45) is 4.20. The Morgan fingerprint density at radius 1 is 1.15 bits per heavy atom. The largest absolute Gasteiger partial charge is 0.361 e. The van der Waals surface area contributed by atoms with Gasteiger partial charge < -0.3 is 14.9 Å². The minimum atomic E-state index is -0.195. The van der Waals surface area contributed by atoms with Crippen molar-refractivity contribution >= 4 is 39.2 Å². The first-order chi connectivity index (χ1) is 13.0. The quantitative estimate of drug-likeness (QED) is 0.568. The molecule has 0 saturated heterocycles. The highest BCUT2D eigenvalue weighted by Crippen LogP contribution is 2.22. The number of aryl methyl sites for hydroxylation is 1. The number of amides is 1. The second-order valence-electron chi connectivity index (χ2n) is 6.51. The highest BCUT2D eigenvalue weighted by Gasteiger charge is 2.13. The van der Waals surface area contributed by atoms with Crippen LogP contribution < -0.4 is 10.9 Å². The molecule has 2 aromatic heterocycles. The van der Waals surface area contributed by atoms with Crippen molar-refractivity contribution in [2.45, 2.75) is 6.42 Å². The first-order valence-electron chi connectivity index (χ1n) is 8.66. The molecule has 2 N–H and O–H groups in total. The van der Waals surface area contributed by atoms with E-state index < -0.39 is 0 Å². The molecular formula is C21H18ClN3O2. The third kappa shape index (κ3) is 3.22. The summed E-state index contributed by atoms with van der Waals surface area (Å²) in [5, 5.41) is 5.90. The second kappa shape index (κ2) is 6.93. The number of aromatic nitrogens is 2. The molecule has 27 heavy (non-hydrogen) atoms. The smallest absolute Gasteiger partial charge is 0.258 e. The van der Waals surface area contributed by atoms with Crippen LogP contribution in [0, 0.1) is 0 Å². The summed E-state index contributed by atoms with van der Waals surface area (Å²) in [5.41, 5.74) is 2.50. The van der Waals surface area contributed by atoms with Crippen LogP contribution in [0.2, 0.25) is 5.02 Å². The number of nitrogens with zero attached hydrogens (tertiary/aromatic N) is 1. The van der Waals surface area contributed by atoms with E-state index in [0.29, 0.717) is 34.3 Å². The number of carbonyl (C=O) groups is 1. The number of hydrogen-bond acceptors (Lipinski definition) is 2. The van der Waals surface area contributed by atoms with E-state index >= 15 is 0 Å². The van der Waals surface area contributed by atoms with Gasteiger partial charge in [0.15, 0.2) is 0 Å². The van der Waals surface area contributed by atoms with Gasteiger partial charge in [-0.1, -0.05) is 29.8 Å². The monoisotopic (exact) mass is 379 g/mol. The standard InChI is InChI=1S/C21H18ClN3O2/c1-25-12-18(15-4-2-3-5-16(15)21(25)27)20(26)23-9-8-13-11-24-19-7-6-14(22)10-17(13)19/h2-7,10-12,24H,8-9H2,1H3,(H,23,26). The van der Waals surface area contributed by atoms with Gasteiger partial charge in [0, 0.05) is 52.7 Å². The molecule has 6 heteroatoms. The fourth-order valence-electron chi connectivity index (χ4n) is 3.36. The number of pyridine rings is 1. The average Bonchev–Trinajstić information content (AvgIpc) is 3.07. The fraction of sp³-hybridized carbons (Fsp3) is 0.143. The Labute approximate surface area is 160 Å². The van der Waals surface area contributed by atoms with Gasteiger partial charge in [-0.05, 0) is 36.2 Å². The SMILES string of the molecule is Cn1cc(C(=O)NCCc2c[nH]c3ccc(Cl)cc23)c2ccccc2c1=O. The molecule has 136 valence electrons. The zero-order valence-electron chi connectivity index (χ0n) is 14.8. The number of H-pyrrole nitrogens is 1. The maximum Gasteiger partial charge on any atom is 0.258 e. The topological polar surface area (TPSA) is 66.9 Å². The van der Waals surface area contributed by atoms with E-state index in [1.807, 2.05) is 30.5 Å². The molecule has 0 radical (unpaired) electrons. The van der Waals surface area contributed by atoms with Gasteiger partial charge in [-0.3, -0.25) is 9.59 Å². The van der Waals surface area contributed by atoms with Gasteiger partial charge in [0.1, 0.15) is 0 Å². The Hall–Kier alpha value is -3.05. The van der Waals surface area contributed by atoms with Gasteiger partial charge in [-0.15, -0.1) is 0 Å². The van der Waals surface area contributed by atoms with E-state index in [0.717, 1.165) is 16.5 Å². The summed E-state index contributed by atoms with van der Waals surface area (Å²) < 4.78 is 1.44. The van der Waals surface area contributed by atoms with Gasteiger partial charge in [0.05, 0.1) is 5.56 Å². The molecule has 4 aromatic rings. The molecule has 4 rings (SSSR count). The van der Waals surface area contributed by atoms with Crippen LogP contribution in [0.1, 0.15) is 15.9 Å². The van der Waals surface area contributed by atoms with Crippen LogP contribution in [-0.4, -0.2) is 22.0 Å². The van der Waals surface area contributed by atoms with Gasteiger partial charge >= 0.3 is 0 Å². The maximum absolute atomic E-state index is 12.7. The Kier molecular flexibility index (Phi) is 4.46. The number of carbonyl (C=O) groups excluding carboxylic acids is 1. The van der Waals surface area contributed by atoms with Gasteiger partial charge in [-0.2, -0.15) is 0 Å². The van der Waals surface area contributed by atoms with Crippen molar-refractivity contribution < 1.29 is 4.79 Å². The summed E-state index contributed by atoms with van der Waals surface area (Å²) >= 11 is 6.08. The lowest BCUT2D eigenvalue weighted by molar-refractivity contribution is 0.0955. The minimum Gasteiger partial charge on any atom is -0.361 e. The summed E-state index contributed by atoms with van der Waals surface area (Å²) in [4.78, 5) is 28.2. The normalized spacial score (nSPS) is 11.2. The Morgan fingerprint density at radius 3 is 2.74 bits per heavy atom. The van der Waals surface area contributed by atoms with Crippen molar-refractivity contribution in [1.82, 2.24) is 14.9 Å². The summed E-state index contributed by atoms with van der Waals surface area (Å²) in [6, 6.07) is 12.9. The number of benzene rings is 2. The molecule has 1 amide bonds. The van der Waals surface area contributed by atoms with Crippen molar-refractivity contribution in [2.75, 3.05) is 6.54 Å². The molecule has 0 fully saturated rings. The van der Waals surface area contributed by atoms with Crippen LogP contribution in [0.4, 0.5) is 0 Å². The number of fused-ring (bicyclic) bond motifs is 2. The molecule has 0 atom stereocenters. The van der Waals surface area contributed by atoms with Crippen molar-refractivity contribution in [2.24, 2.45) is 7.05 Å². The molecule has 0 bridgehead atoms. The third-order valence-electron chi connectivity index (χ3n) is 4.74. The highest BCUT2D eigenvalue weighted by atomic mass is 35.5. The zero-order valence-corrected chi connectivity index (χ0v) is 15.5. The van der Waals surface area contributed by atoms with Gasteiger partial charge in [0.25, 0.3) is 11.5 Å². The van der Waals surface area contributed by atoms with E-state index in [-0.39, 0.29) is 11.5 Å².